The Hall–Kier alpha value is -0.450. The fraction of sp³-hybridized carbons (Fsp3) is 0.182. The first-order valence-corrected chi connectivity index (χ1v) is 7.70. The maximum Gasteiger partial charge on any atom is 0.161 e. The van der Waals surface area contributed by atoms with Crippen LogP contribution in [0.4, 0.5) is 0 Å². The highest BCUT2D eigenvalue weighted by Gasteiger charge is 2.03. The van der Waals surface area contributed by atoms with E-state index in [1.165, 1.54) is 10.3 Å². The van der Waals surface area contributed by atoms with Crippen LogP contribution in [0.5, 0.6) is 0 Å². The first-order chi connectivity index (χ1) is 7.29. The molecule has 78 valence electrons. The number of hydrogen-bond acceptors (Lipinski definition) is 4. The molecule has 0 atom stereocenters. The summed E-state index contributed by atoms with van der Waals surface area (Å²) in [7, 11) is 3.50. The molecule has 0 fully saturated rings. The molecule has 2 rings (SSSR count). The zero-order chi connectivity index (χ0) is 10.7. The summed E-state index contributed by atoms with van der Waals surface area (Å²) in [6.07, 6.45) is 1.91. The van der Waals surface area contributed by atoms with E-state index in [0.717, 1.165) is 15.6 Å². The van der Waals surface area contributed by atoms with Crippen LogP contribution in [0.1, 0.15) is 5.56 Å². The largest absolute Gasteiger partial charge is 0.229 e. The van der Waals surface area contributed by atoms with E-state index in [4.69, 9.17) is 0 Å². The van der Waals surface area contributed by atoms with E-state index in [2.05, 4.69) is 36.7 Å². The molecule has 2 aromatic rings. The molecule has 0 aliphatic carbocycles. The molecule has 0 amide bonds. The number of hydrogen-bond donors (Lipinski definition) is 0. The van der Waals surface area contributed by atoms with Crippen molar-refractivity contribution in [3.05, 3.63) is 36.4 Å². The first kappa shape index (κ1) is 11.0. The van der Waals surface area contributed by atoms with Crippen molar-refractivity contribution in [2.24, 2.45) is 0 Å². The first-order valence-electron chi connectivity index (χ1n) is 4.57. The van der Waals surface area contributed by atoms with Gasteiger partial charge in [0, 0.05) is 5.75 Å². The van der Waals surface area contributed by atoms with Crippen LogP contribution < -0.4 is 0 Å². The molecule has 15 heavy (non-hydrogen) atoms. The second kappa shape index (κ2) is 5.05. The molecule has 4 heteroatoms. The van der Waals surface area contributed by atoms with Crippen molar-refractivity contribution in [1.82, 2.24) is 4.98 Å². The maximum absolute atomic E-state index is 4.55. The second-order valence-corrected chi connectivity index (χ2v) is 6.73. The zero-order valence-electron chi connectivity index (χ0n) is 8.40. The van der Waals surface area contributed by atoms with Crippen LogP contribution in [0.3, 0.4) is 0 Å². The Morgan fingerprint density at radius 1 is 1.53 bits per heavy atom. The van der Waals surface area contributed by atoms with Gasteiger partial charge in [0.2, 0.25) is 0 Å². The van der Waals surface area contributed by atoms with Gasteiger partial charge in [-0.25, -0.2) is 4.98 Å². The van der Waals surface area contributed by atoms with Gasteiger partial charge in [0.15, 0.2) is 4.34 Å². The van der Waals surface area contributed by atoms with E-state index in [1.54, 1.807) is 32.9 Å². The summed E-state index contributed by atoms with van der Waals surface area (Å²) in [5.74, 6) is 0.958. The lowest BCUT2D eigenvalue weighted by molar-refractivity contribution is 1.31. The van der Waals surface area contributed by atoms with Crippen molar-refractivity contribution in [3.63, 3.8) is 0 Å². The minimum absolute atomic E-state index is 0.958. The van der Waals surface area contributed by atoms with E-state index < -0.39 is 0 Å². The molecule has 0 unspecified atom stereocenters. The van der Waals surface area contributed by atoms with Crippen LogP contribution in [-0.2, 0) is 0 Å². The van der Waals surface area contributed by atoms with Gasteiger partial charge in [0.1, 0.15) is 0 Å². The lowest BCUT2D eigenvalue weighted by Gasteiger charge is -1.89. The fourth-order valence-corrected chi connectivity index (χ4v) is 4.43. The quantitative estimate of drug-likeness (QED) is 0.451. The third-order valence-corrected chi connectivity index (χ3v) is 5.43. The van der Waals surface area contributed by atoms with Crippen LogP contribution in [0.15, 0.2) is 35.2 Å². The number of rotatable bonds is 4. The highest BCUT2D eigenvalue weighted by Crippen LogP contribution is 2.36. The maximum atomic E-state index is 4.55. The number of fused-ring (bicyclic) bond motifs is 1. The predicted molar refractivity (Wildman–Crippen MR) is 72.9 cm³/mol. The monoisotopic (exact) mass is 253 g/mol. The topological polar surface area (TPSA) is 12.9 Å². The van der Waals surface area contributed by atoms with Gasteiger partial charge in [-0.05, 0) is 35.4 Å². The van der Waals surface area contributed by atoms with Gasteiger partial charge in [-0.15, -0.1) is 17.9 Å². The Labute approximate surface area is 101 Å². The van der Waals surface area contributed by atoms with Gasteiger partial charge in [-0.1, -0.05) is 22.9 Å². The number of aromatic nitrogens is 1. The summed E-state index contributed by atoms with van der Waals surface area (Å²) in [4.78, 5) is 4.55. The Balaban J connectivity index is 2.19. The molecule has 0 spiro atoms. The Morgan fingerprint density at radius 2 is 2.40 bits per heavy atom. The predicted octanol–water partition coefficient (Wildman–Crippen LogP) is 4.53. The number of aryl methyl sites for hydroxylation is 1. The average molecular weight is 253 g/mol. The fourth-order valence-electron chi connectivity index (χ4n) is 1.18. The Morgan fingerprint density at radius 3 is 3.20 bits per heavy atom. The molecule has 0 radical (unpaired) electrons. The Kier molecular flexibility index (Phi) is 3.72. The lowest BCUT2D eigenvalue weighted by Crippen LogP contribution is -1.70. The van der Waals surface area contributed by atoms with E-state index in [-0.39, 0.29) is 0 Å². The highest BCUT2D eigenvalue weighted by atomic mass is 33.1. The molecule has 0 saturated heterocycles. The van der Waals surface area contributed by atoms with Crippen molar-refractivity contribution in [1.29, 1.82) is 0 Å². The minimum atomic E-state index is 0.958. The normalized spacial score (nSPS) is 10.7. The number of benzene rings is 1. The van der Waals surface area contributed by atoms with Crippen LogP contribution in [0, 0.1) is 6.92 Å². The highest BCUT2D eigenvalue weighted by molar-refractivity contribution is 8.77. The third-order valence-electron chi connectivity index (χ3n) is 1.84. The van der Waals surface area contributed by atoms with Crippen LogP contribution >= 0.6 is 32.9 Å². The second-order valence-electron chi connectivity index (χ2n) is 3.11. The van der Waals surface area contributed by atoms with Crippen LogP contribution in [0.2, 0.25) is 0 Å². The molecule has 1 aromatic heterocycles. The number of nitrogens with zero attached hydrogens (tertiary/aromatic N) is 1. The van der Waals surface area contributed by atoms with Crippen molar-refractivity contribution in [3.8, 4) is 0 Å². The molecule has 1 aromatic carbocycles. The van der Waals surface area contributed by atoms with Crippen LogP contribution in [0.25, 0.3) is 10.2 Å². The molecular weight excluding hydrogens is 242 g/mol. The van der Waals surface area contributed by atoms with Crippen molar-refractivity contribution in [2.45, 2.75) is 11.3 Å². The summed E-state index contributed by atoms with van der Waals surface area (Å²) < 4.78 is 2.40. The minimum Gasteiger partial charge on any atom is -0.229 e. The van der Waals surface area contributed by atoms with Gasteiger partial charge < -0.3 is 0 Å². The van der Waals surface area contributed by atoms with E-state index in [1.807, 2.05) is 6.08 Å². The Bertz CT molecular complexity index is 476. The molecule has 0 aliphatic heterocycles. The average Bonchev–Trinajstić information content (AvgIpc) is 2.60. The molecule has 1 heterocycles. The zero-order valence-corrected chi connectivity index (χ0v) is 10.8. The van der Waals surface area contributed by atoms with Gasteiger partial charge in [-0.3, -0.25) is 0 Å². The molecule has 0 aliphatic rings. The van der Waals surface area contributed by atoms with E-state index in [9.17, 15) is 0 Å². The summed E-state index contributed by atoms with van der Waals surface area (Å²) in [6, 6.07) is 6.38. The molecule has 0 saturated carbocycles. The summed E-state index contributed by atoms with van der Waals surface area (Å²) >= 11 is 1.76. The molecule has 0 N–H and O–H groups in total. The van der Waals surface area contributed by atoms with Gasteiger partial charge in [-0.2, -0.15) is 0 Å². The number of thiazole rings is 1. The molecule has 0 bridgehead atoms. The van der Waals surface area contributed by atoms with Crippen molar-refractivity contribution in [2.75, 3.05) is 5.75 Å². The van der Waals surface area contributed by atoms with E-state index >= 15 is 0 Å². The summed E-state index contributed by atoms with van der Waals surface area (Å²) in [6.45, 7) is 5.80. The SMILES string of the molecule is C=CCSSc1nc2ccc(C)cc2s1. The van der Waals surface area contributed by atoms with Crippen LogP contribution in [-0.4, -0.2) is 10.7 Å². The van der Waals surface area contributed by atoms with Crippen molar-refractivity contribution >= 4 is 43.1 Å². The smallest absolute Gasteiger partial charge is 0.161 e. The van der Waals surface area contributed by atoms with Gasteiger partial charge in [0.25, 0.3) is 0 Å². The summed E-state index contributed by atoms with van der Waals surface area (Å²) in [5, 5.41) is 0. The standard InChI is InChI=1S/C11H11NS3/c1-3-6-13-15-11-12-9-5-4-8(2)7-10(9)14-11/h3-5,7H,1,6H2,2H3. The molecular formula is C11H11NS3. The van der Waals surface area contributed by atoms with Crippen molar-refractivity contribution < 1.29 is 0 Å². The van der Waals surface area contributed by atoms with Gasteiger partial charge in [0.05, 0.1) is 10.2 Å². The molecule has 1 nitrogen and oxygen atoms in total. The third kappa shape index (κ3) is 2.77. The summed E-state index contributed by atoms with van der Waals surface area (Å²) in [5.41, 5.74) is 2.40. The van der Waals surface area contributed by atoms with Gasteiger partial charge >= 0.3 is 0 Å². The van der Waals surface area contributed by atoms with E-state index in [0.29, 0.717) is 0 Å². The lowest BCUT2D eigenvalue weighted by atomic mass is 10.2.